The van der Waals surface area contributed by atoms with Gasteiger partial charge in [-0.1, -0.05) is 12.1 Å². The average Bonchev–Trinajstić information content (AvgIpc) is 2.76. The fraction of sp³-hybridized carbons (Fsp3) is 0.400. The SMILES string of the molecule is CCOc1ccc(CCC(=O)Nc2cccc(NC(=O)CNC(=O)OC(C)(C)C)c2)cc1OC. The Labute approximate surface area is 200 Å². The highest BCUT2D eigenvalue weighted by Crippen LogP contribution is 2.28. The molecular weight excluding hydrogens is 438 g/mol. The summed E-state index contributed by atoms with van der Waals surface area (Å²) in [7, 11) is 1.58. The smallest absolute Gasteiger partial charge is 0.408 e. The second-order valence-corrected chi connectivity index (χ2v) is 8.45. The Morgan fingerprint density at radius 3 is 2.21 bits per heavy atom. The molecule has 0 radical (unpaired) electrons. The zero-order valence-electron chi connectivity index (χ0n) is 20.3. The summed E-state index contributed by atoms with van der Waals surface area (Å²) < 4.78 is 16.0. The van der Waals surface area contributed by atoms with Crippen LogP contribution >= 0.6 is 0 Å². The molecule has 0 aliphatic heterocycles. The van der Waals surface area contributed by atoms with Gasteiger partial charge >= 0.3 is 6.09 Å². The Hall–Kier alpha value is -3.75. The van der Waals surface area contributed by atoms with Crippen molar-refractivity contribution in [2.24, 2.45) is 0 Å². The highest BCUT2D eigenvalue weighted by molar-refractivity contribution is 5.95. The molecule has 2 aromatic carbocycles. The van der Waals surface area contributed by atoms with Crippen LogP contribution in [0.4, 0.5) is 16.2 Å². The normalized spacial score (nSPS) is 10.7. The van der Waals surface area contributed by atoms with Gasteiger partial charge in [0.25, 0.3) is 0 Å². The average molecular weight is 472 g/mol. The van der Waals surface area contributed by atoms with E-state index in [4.69, 9.17) is 14.2 Å². The Morgan fingerprint density at radius 1 is 0.912 bits per heavy atom. The number of carbonyl (C=O) groups excluding carboxylic acids is 3. The van der Waals surface area contributed by atoms with Gasteiger partial charge in [-0.25, -0.2) is 4.79 Å². The van der Waals surface area contributed by atoms with Gasteiger partial charge in [0.1, 0.15) is 12.1 Å². The summed E-state index contributed by atoms with van der Waals surface area (Å²) in [5.41, 5.74) is 1.35. The van der Waals surface area contributed by atoms with Gasteiger partial charge in [0.05, 0.1) is 13.7 Å². The van der Waals surface area contributed by atoms with Crippen molar-refractivity contribution in [1.29, 1.82) is 0 Å². The van der Waals surface area contributed by atoms with E-state index < -0.39 is 17.6 Å². The van der Waals surface area contributed by atoms with Crippen molar-refractivity contribution in [3.8, 4) is 11.5 Å². The molecule has 2 aromatic rings. The molecule has 3 amide bonds. The van der Waals surface area contributed by atoms with Crippen LogP contribution in [0.2, 0.25) is 0 Å². The van der Waals surface area contributed by atoms with Crippen molar-refractivity contribution in [3.05, 3.63) is 48.0 Å². The van der Waals surface area contributed by atoms with E-state index in [0.29, 0.717) is 35.9 Å². The van der Waals surface area contributed by atoms with E-state index in [1.54, 1.807) is 52.1 Å². The molecule has 0 spiro atoms. The van der Waals surface area contributed by atoms with Crippen molar-refractivity contribution in [1.82, 2.24) is 5.32 Å². The molecule has 9 nitrogen and oxygen atoms in total. The second kappa shape index (κ2) is 12.5. The predicted molar refractivity (Wildman–Crippen MR) is 130 cm³/mol. The maximum Gasteiger partial charge on any atom is 0.408 e. The predicted octanol–water partition coefficient (Wildman–Crippen LogP) is 4.13. The van der Waals surface area contributed by atoms with E-state index in [2.05, 4.69) is 16.0 Å². The molecule has 0 bridgehead atoms. The van der Waals surface area contributed by atoms with Crippen LogP contribution in [0, 0.1) is 0 Å². The first-order valence-corrected chi connectivity index (χ1v) is 11.1. The van der Waals surface area contributed by atoms with E-state index in [1.165, 1.54) is 0 Å². The summed E-state index contributed by atoms with van der Waals surface area (Å²) in [6.07, 6.45) is 0.128. The fourth-order valence-electron chi connectivity index (χ4n) is 2.97. The molecule has 0 saturated carbocycles. The Kier molecular flexibility index (Phi) is 9.73. The quantitative estimate of drug-likeness (QED) is 0.480. The van der Waals surface area contributed by atoms with Gasteiger partial charge in [-0.05, 0) is 70.0 Å². The van der Waals surface area contributed by atoms with Crippen LogP contribution in [-0.2, 0) is 20.7 Å². The Bertz CT molecular complexity index is 1000. The van der Waals surface area contributed by atoms with Gasteiger partial charge in [0.2, 0.25) is 11.8 Å². The molecule has 9 heteroatoms. The van der Waals surface area contributed by atoms with E-state index >= 15 is 0 Å². The minimum absolute atomic E-state index is 0.164. The lowest BCUT2D eigenvalue weighted by Gasteiger charge is -2.19. The van der Waals surface area contributed by atoms with Crippen molar-refractivity contribution >= 4 is 29.3 Å². The summed E-state index contributed by atoms with van der Waals surface area (Å²) in [5, 5.41) is 7.90. The van der Waals surface area contributed by atoms with Crippen LogP contribution in [0.1, 0.15) is 39.7 Å². The van der Waals surface area contributed by atoms with Crippen LogP contribution in [0.15, 0.2) is 42.5 Å². The number of nitrogens with one attached hydrogen (secondary N) is 3. The van der Waals surface area contributed by atoms with Crippen LogP contribution < -0.4 is 25.4 Å². The molecule has 0 atom stereocenters. The first-order chi connectivity index (χ1) is 16.1. The van der Waals surface area contributed by atoms with E-state index in [0.717, 1.165) is 5.56 Å². The van der Waals surface area contributed by atoms with E-state index in [1.807, 2.05) is 25.1 Å². The second-order valence-electron chi connectivity index (χ2n) is 8.45. The molecule has 34 heavy (non-hydrogen) atoms. The molecule has 2 rings (SSSR count). The fourth-order valence-corrected chi connectivity index (χ4v) is 2.97. The van der Waals surface area contributed by atoms with Gasteiger partial charge in [-0.3, -0.25) is 9.59 Å². The lowest BCUT2D eigenvalue weighted by atomic mass is 10.1. The van der Waals surface area contributed by atoms with E-state index in [-0.39, 0.29) is 18.9 Å². The zero-order chi connectivity index (χ0) is 25.1. The number of aryl methyl sites for hydroxylation is 1. The third-order valence-corrected chi connectivity index (χ3v) is 4.39. The number of carbonyl (C=O) groups is 3. The minimum Gasteiger partial charge on any atom is -0.493 e. The molecule has 0 aromatic heterocycles. The summed E-state index contributed by atoms with van der Waals surface area (Å²) in [6, 6.07) is 12.4. The van der Waals surface area contributed by atoms with E-state index in [9.17, 15) is 14.4 Å². The number of hydrogen-bond donors (Lipinski definition) is 3. The maximum atomic E-state index is 12.4. The number of amides is 3. The highest BCUT2D eigenvalue weighted by Gasteiger charge is 2.16. The first-order valence-electron chi connectivity index (χ1n) is 11.1. The Balaban J connectivity index is 1.85. The van der Waals surface area contributed by atoms with Crippen molar-refractivity contribution in [2.45, 2.75) is 46.1 Å². The van der Waals surface area contributed by atoms with Crippen LogP contribution in [0.3, 0.4) is 0 Å². The van der Waals surface area contributed by atoms with Crippen LogP contribution in [0.5, 0.6) is 11.5 Å². The van der Waals surface area contributed by atoms with Crippen LogP contribution in [0.25, 0.3) is 0 Å². The summed E-state index contributed by atoms with van der Waals surface area (Å²) in [6.45, 7) is 7.41. The van der Waals surface area contributed by atoms with Crippen molar-refractivity contribution in [2.75, 3.05) is 30.9 Å². The highest BCUT2D eigenvalue weighted by atomic mass is 16.6. The molecule has 3 N–H and O–H groups in total. The molecule has 0 unspecified atom stereocenters. The number of anilines is 2. The third kappa shape index (κ3) is 9.40. The first kappa shape index (κ1) is 26.5. The molecule has 0 heterocycles. The number of alkyl carbamates (subject to hydrolysis) is 1. The number of ether oxygens (including phenoxy) is 3. The summed E-state index contributed by atoms with van der Waals surface area (Å²) in [4.78, 5) is 36.2. The maximum absolute atomic E-state index is 12.4. The summed E-state index contributed by atoms with van der Waals surface area (Å²) in [5.74, 6) is 0.712. The molecule has 0 aliphatic carbocycles. The Morgan fingerprint density at radius 2 is 1.59 bits per heavy atom. The largest absolute Gasteiger partial charge is 0.493 e. The topological polar surface area (TPSA) is 115 Å². The van der Waals surface area contributed by atoms with Crippen molar-refractivity contribution in [3.63, 3.8) is 0 Å². The lowest BCUT2D eigenvalue weighted by Crippen LogP contribution is -2.37. The zero-order valence-corrected chi connectivity index (χ0v) is 20.3. The molecular formula is C25H33N3O6. The number of rotatable bonds is 10. The molecule has 0 saturated heterocycles. The molecule has 0 aliphatic rings. The number of methoxy groups -OCH3 is 1. The van der Waals surface area contributed by atoms with Gasteiger partial charge in [-0.2, -0.15) is 0 Å². The van der Waals surface area contributed by atoms with Gasteiger partial charge in [0.15, 0.2) is 11.5 Å². The number of benzene rings is 2. The number of hydrogen-bond acceptors (Lipinski definition) is 6. The minimum atomic E-state index is -0.672. The third-order valence-electron chi connectivity index (χ3n) is 4.39. The van der Waals surface area contributed by atoms with Gasteiger partial charge in [-0.15, -0.1) is 0 Å². The summed E-state index contributed by atoms with van der Waals surface area (Å²) >= 11 is 0. The molecule has 184 valence electrons. The van der Waals surface area contributed by atoms with Gasteiger partial charge in [0, 0.05) is 17.8 Å². The van der Waals surface area contributed by atoms with Crippen molar-refractivity contribution < 1.29 is 28.6 Å². The lowest BCUT2D eigenvalue weighted by molar-refractivity contribution is -0.116. The standard InChI is InChI=1S/C25H33N3O6/c1-6-33-20-12-10-17(14-21(20)32-5)11-13-22(29)27-18-8-7-9-19(15-18)28-23(30)16-26-24(31)34-25(2,3)4/h7-10,12,14-15H,6,11,13,16H2,1-5H3,(H,26,31)(H,27,29)(H,28,30). The van der Waals surface area contributed by atoms with Crippen LogP contribution in [-0.4, -0.2) is 43.8 Å². The molecule has 0 fully saturated rings. The monoisotopic (exact) mass is 471 g/mol. The van der Waals surface area contributed by atoms with Gasteiger partial charge < -0.3 is 30.2 Å².